The normalized spacial score (nSPS) is 9.80. The van der Waals surface area contributed by atoms with Crippen LogP contribution in [0.25, 0.3) is 0 Å². The van der Waals surface area contributed by atoms with Gasteiger partial charge in [0, 0.05) is 16.4 Å². The van der Waals surface area contributed by atoms with Gasteiger partial charge in [0.2, 0.25) is 0 Å². The van der Waals surface area contributed by atoms with Gasteiger partial charge in [-0.15, -0.1) is 36.2 Å². The van der Waals surface area contributed by atoms with E-state index in [1.54, 1.807) is 29.2 Å². The van der Waals surface area contributed by atoms with Crippen LogP contribution in [0.3, 0.4) is 0 Å². The Morgan fingerprint density at radius 2 is 1.60 bits per heavy atom. The van der Waals surface area contributed by atoms with Crippen molar-refractivity contribution in [3.63, 3.8) is 0 Å². The van der Waals surface area contributed by atoms with Gasteiger partial charge in [0.25, 0.3) is 0 Å². The first kappa shape index (κ1) is 24.4. The van der Waals surface area contributed by atoms with Crippen LogP contribution < -0.4 is 11.5 Å². The minimum absolute atomic E-state index is 0. The van der Waals surface area contributed by atoms with Gasteiger partial charge in [-0.3, -0.25) is 10.8 Å². The summed E-state index contributed by atoms with van der Waals surface area (Å²) in [6, 6.07) is 6.67. The number of thioether (sulfide) groups is 2. The highest BCUT2D eigenvalue weighted by atomic mass is 35.5. The smallest absolute Gasteiger partial charge is 0.151 e. The number of benzene rings is 1. The van der Waals surface area contributed by atoms with Crippen LogP contribution in [0.2, 0.25) is 0 Å². The molecule has 0 aliphatic heterocycles. The van der Waals surface area contributed by atoms with Crippen molar-refractivity contribution in [3.8, 4) is 0 Å². The van der Waals surface area contributed by atoms with Crippen molar-refractivity contribution in [1.29, 1.82) is 10.8 Å². The Labute approximate surface area is 174 Å². The minimum Gasteiger partial charge on any atom is -0.379 e. The zero-order chi connectivity index (χ0) is 16.8. The lowest BCUT2D eigenvalue weighted by molar-refractivity contribution is 0.625. The molecule has 0 fully saturated rings. The third-order valence-corrected chi connectivity index (χ3v) is 6.58. The molecule has 0 atom stereocenters. The first-order chi connectivity index (χ1) is 11.0. The molecule has 0 aliphatic rings. The number of nitrogens with one attached hydrogen (secondary N) is 2. The fraction of sp³-hybridized carbons (Fsp3) is 0.143. The lowest BCUT2D eigenvalue weighted by Crippen LogP contribution is -2.04. The Bertz CT molecular complexity index is 727. The predicted molar refractivity (Wildman–Crippen MR) is 116 cm³/mol. The van der Waals surface area contributed by atoms with Crippen molar-refractivity contribution in [2.75, 3.05) is 0 Å². The van der Waals surface area contributed by atoms with E-state index >= 15 is 0 Å². The maximum atomic E-state index is 13.5. The number of nitrogens with two attached hydrogens (primary N) is 2. The second kappa shape index (κ2) is 11.9. The van der Waals surface area contributed by atoms with Crippen molar-refractivity contribution in [3.05, 3.63) is 46.6 Å². The second-order valence-corrected chi connectivity index (χ2v) is 8.65. The Kier molecular flexibility index (Phi) is 11.6. The average Bonchev–Trinajstić information content (AvgIpc) is 2.92. The van der Waals surface area contributed by atoms with Crippen LogP contribution in [0.1, 0.15) is 11.1 Å². The van der Waals surface area contributed by atoms with Crippen molar-refractivity contribution in [1.82, 2.24) is 0 Å². The van der Waals surface area contributed by atoms with Crippen LogP contribution in [-0.4, -0.2) is 10.3 Å². The molecule has 1 aromatic carbocycles. The van der Waals surface area contributed by atoms with Crippen LogP contribution in [0.15, 0.2) is 38.8 Å². The van der Waals surface area contributed by atoms with Crippen molar-refractivity contribution >= 4 is 81.8 Å². The number of rotatable bonds is 6. The van der Waals surface area contributed by atoms with E-state index in [2.05, 4.69) is 0 Å². The summed E-state index contributed by atoms with van der Waals surface area (Å²) < 4.78 is 14.6. The second-order valence-electron chi connectivity index (χ2n) is 4.39. The molecular weight excluding hydrogens is 442 g/mol. The van der Waals surface area contributed by atoms with E-state index in [1.807, 2.05) is 11.4 Å². The maximum Gasteiger partial charge on any atom is 0.151 e. The predicted octanol–water partition coefficient (Wildman–Crippen LogP) is 5.14. The van der Waals surface area contributed by atoms with Crippen molar-refractivity contribution in [2.24, 2.45) is 11.5 Å². The number of halogens is 3. The minimum atomic E-state index is -0.299. The molecule has 11 heteroatoms. The standard InChI is InChI=1S/C14H15FN4S4.2ClH/c15-10-1-2-11(9(5-10)7-22-14(18)19)23-12-8(3-4-20-12)6-21-13(16)17;;/h1-5H,6-7H2,(H3,16,17)(H3,18,19);2*1H. The monoisotopic (exact) mass is 458 g/mol. The van der Waals surface area contributed by atoms with Gasteiger partial charge in [-0.2, -0.15) is 0 Å². The summed E-state index contributed by atoms with van der Waals surface area (Å²) in [4.78, 5) is 0.941. The van der Waals surface area contributed by atoms with Gasteiger partial charge in [0.15, 0.2) is 10.3 Å². The summed E-state index contributed by atoms with van der Waals surface area (Å²) in [6.45, 7) is 0. The van der Waals surface area contributed by atoms with Crippen LogP contribution in [-0.2, 0) is 11.5 Å². The molecule has 138 valence electrons. The molecule has 4 nitrogen and oxygen atoms in total. The Hall–Kier alpha value is -0.580. The molecule has 6 N–H and O–H groups in total. The molecule has 0 saturated carbocycles. The highest BCUT2D eigenvalue weighted by Gasteiger charge is 2.12. The van der Waals surface area contributed by atoms with Crippen LogP contribution >= 0.6 is 71.4 Å². The first-order valence-corrected chi connectivity index (χ1v) is 10.1. The molecule has 0 unspecified atom stereocenters. The van der Waals surface area contributed by atoms with E-state index in [0.29, 0.717) is 11.5 Å². The van der Waals surface area contributed by atoms with Crippen molar-refractivity contribution < 1.29 is 4.39 Å². The number of thiophene rings is 1. The summed E-state index contributed by atoms with van der Waals surface area (Å²) >= 11 is 5.62. The highest BCUT2D eigenvalue weighted by Crippen LogP contribution is 2.39. The van der Waals surface area contributed by atoms with E-state index in [-0.39, 0.29) is 41.0 Å². The van der Waals surface area contributed by atoms with E-state index < -0.39 is 0 Å². The molecule has 0 spiro atoms. The van der Waals surface area contributed by atoms with Gasteiger partial charge in [-0.05, 0) is 40.8 Å². The fourth-order valence-corrected chi connectivity index (χ4v) is 5.21. The van der Waals surface area contributed by atoms with Gasteiger partial charge >= 0.3 is 0 Å². The Morgan fingerprint density at radius 3 is 2.20 bits per heavy atom. The van der Waals surface area contributed by atoms with Crippen LogP contribution in [0.4, 0.5) is 4.39 Å². The molecule has 2 aromatic rings. The summed E-state index contributed by atoms with van der Waals surface area (Å²) in [5, 5.41) is 16.7. The third-order valence-electron chi connectivity index (χ3n) is 2.70. The van der Waals surface area contributed by atoms with Gasteiger partial charge in [0.05, 0.1) is 4.21 Å². The molecule has 1 heterocycles. The summed E-state index contributed by atoms with van der Waals surface area (Å²) in [6.07, 6.45) is 0. The van der Waals surface area contributed by atoms with Crippen LogP contribution in [0.5, 0.6) is 0 Å². The van der Waals surface area contributed by atoms with Gasteiger partial charge in [-0.25, -0.2) is 4.39 Å². The quantitative estimate of drug-likeness (QED) is 0.354. The molecule has 2 rings (SSSR count). The number of amidine groups is 2. The summed E-state index contributed by atoms with van der Waals surface area (Å²) in [7, 11) is 0. The molecule has 0 saturated heterocycles. The average molecular weight is 459 g/mol. The Morgan fingerprint density at radius 1 is 1.00 bits per heavy atom. The maximum absolute atomic E-state index is 13.5. The van der Waals surface area contributed by atoms with Crippen LogP contribution in [0, 0.1) is 16.6 Å². The van der Waals surface area contributed by atoms with E-state index in [1.165, 1.54) is 35.7 Å². The SMILES string of the molecule is Cl.Cl.N=C(N)SCc1cc(F)ccc1Sc1sccc1CSC(=N)N. The molecular formula is C14H17Cl2FN4S4. The number of hydrogen-bond donors (Lipinski definition) is 4. The van der Waals surface area contributed by atoms with Crippen molar-refractivity contribution in [2.45, 2.75) is 20.6 Å². The lowest BCUT2D eigenvalue weighted by Gasteiger charge is -2.09. The fourth-order valence-electron chi connectivity index (χ4n) is 1.69. The third kappa shape index (κ3) is 8.10. The van der Waals surface area contributed by atoms with Gasteiger partial charge in [-0.1, -0.05) is 35.3 Å². The van der Waals surface area contributed by atoms with E-state index in [0.717, 1.165) is 20.2 Å². The molecule has 0 bridgehead atoms. The number of hydrogen-bond acceptors (Lipinski definition) is 6. The molecule has 1 aromatic heterocycles. The zero-order valence-corrected chi connectivity index (χ0v) is 17.7. The van der Waals surface area contributed by atoms with Gasteiger partial charge < -0.3 is 11.5 Å². The Balaban J connectivity index is 0.00000288. The zero-order valence-electron chi connectivity index (χ0n) is 12.8. The molecule has 0 radical (unpaired) electrons. The topological polar surface area (TPSA) is 99.7 Å². The van der Waals surface area contributed by atoms with E-state index in [4.69, 9.17) is 22.3 Å². The van der Waals surface area contributed by atoms with E-state index in [9.17, 15) is 4.39 Å². The van der Waals surface area contributed by atoms with Gasteiger partial charge in [0.1, 0.15) is 5.82 Å². The summed E-state index contributed by atoms with van der Waals surface area (Å²) in [5.41, 5.74) is 12.7. The largest absolute Gasteiger partial charge is 0.379 e. The molecule has 25 heavy (non-hydrogen) atoms. The first-order valence-electron chi connectivity index (χ1n) is 6.42. The lowest BCUT2D eigenvalue weighted by atomic mass is 10.2. The highest BCUT2D eigenvalue weighted by molar-refractivity contribution is 8.13. The summed E-state index contributed by atoms with van der Waals surface area (Å²) in [5.74, 6) is 0.796. The molecule has 0 amide bonds. The molecule has 0 aliphatic carbocycles.